The quantitative estimate of drug-likeness (QED) is 0.713. The number of rotatable bonds is 4. The highest BCUT2D eigenvalue weighted by atomic mass is 35.5. The summed E-state index contributed by atoms with van der Waals surface area (Å²) in [6.45, 7) is 2.04. The van der Waals surface area contributed by atoms with Gasteiger partial charge >= 0.3 is 0 Å². The van der Waals surface area contributed by atoms with Gasteiger partial charge in [-0.3, -0.25) is 0 Å². The number of ether oxygens (including phenoxy) is 1. The molecule has 0 aliphatic rings. The Labute approximate surface area is 128 Å². The van der Waals surface area contributed by atoms with Gasteiger partial charge in [0.15, 0.2) is 11.3 Å². The van der Waals surface area contributed by atoms with E-state index in [1.54, 1.807) is 7.11 Å². The fraction of sp³-hybridized carbons (Fsp3) is 0.176. The Bertz CT molecular complexity index is 766. The minimum Gasteiger partial charge on any atom is -0.493 e. The molecule has 1 atom stereocenters. The fourth-order valence-electron chi connectivity index (χ4n) is 2.31. The number of benzene rings is 2. The third-order valence-electron chi connectivity index (χ3n) is 3.42. The van der Waals surface area contributed by atoms with E-state index < -0.39 is 0 Å². The Kier molecular flexibility index (Phi) is 3.76. The molecule has 0 saturated carbocycles. The number of hydrogen-bond donors (Lipinski definition) is 1. The Balaban J connectivity index is 1.91. The molecule has 0 bridgehead atoms. The number of fused-ring (bicyclic) bond motifs is 1. The number of para-hydroxylation sites is 2. The van der Waals surface area contributed by atoms with Crippen molar-refractivity contribution in [2.45, 2.75) is 13.0 Å². The van der Waals surface area contributed by atoms with Crippen molar-refractivity contribution in [1.82, 2.24) is 0 Å². The van der Waals surface area contributed by atoms with Crippen molar-refractivity contribution in [3.05, 3.63) is 59.3 Å². The largest absolute Gasteiger partial charge is 0.493 e. The van der Waals surface area contributed by atoms with Crippen LogP contribution in [-0.2, 0) is 0 Å². The van der Waals surface area contributed by atoms with E-state index in [-0.39, 0.29) is 6.04 Å². The van der Waals surface area contributed by atoms with Gasteiger partial charge in [0, 0.05) is 5.39 Å². The molecule has 0 amide bonds. The maximum absolute atomic E-state index is 6.17. The minimum absolute atomic E-state index is 0.00186. The third-order valence-corrected chi connectivity index (χ3v) is 3.75. The number of halogens is 1. The lowest BCUT2D eigenvalue weighted by atomic mass is 10.2. The Hall–Kier alpha value is -2.13. The van der Waals surface area contributed by atoms with E-state index in [4.69, 9.17) is 20.8 Å². The molecule has 0 fully saturated rings. The van der Waals surface area contributed by atoms with Gasteiger partial charge in [0.2, 0.25) is 0 Å². The maximum atomic E-state index is 6.17. The first-order valence-electron chi connectivity index (χ1n) is 6.76. The second kappa shape index (κ2) is 5.70. The molecule has 0 saturated heterocycles. The molecule has 1 N–H and O–H groups in total. The van der Waals surface area contributed by atoms with Gasteiger partial charge in [-0.25, -0.2) is 0 Å². The van der Waals surface area contributed by atoms with Gasteiger partial charge in [-0.05, 0) is 31.2 Å². The van der Waals surface area contributed by atoms with E-state index in [0.29, 0.717) is 5.02 Å². The van der Waals surface area contributed by atoms with Gasteiger partial charge in [0.25, 0.3) is 0 Å². The molecule has 3 nitrogen and oxygen atoms in total. The molecule has 0 spiro atoms. The van der Waals surface area contributed by atoms with Gasteiger partial charge < -0.3 is 14.5 Å². The van der Waals surface area contributed by atoms with Crippen LogP contribution < -0.4 is 10.1 Å². The van der Waals surface area contributed by atoms with E-state index in [2.05, 4.69) is 5.32 Å². The van der Waals surface area contributed by atoms with Crippen molar-refractivity contribution in [3.63, 3.8) is 0 Å². The molecular weight excluding hydrogens is 286 g/mol. The molecule has 1 heterocycles. The summed E-state index contributed by atoms with van der Waals surface area (Å²) in [7, 11) is 1.64. The predicted molar refractivity (Wildman–Crippen MR) is 86.3 cm³/mol. The number of nitrogens with one attached hydrogen (secondary N) is 1. The van der Waals surface area contributed by atoms with Crippen LogP contribution in [-0.4, -0.2) is 7.11 Å². The number of anilines is 1. The molecule has 0 aliphatic carbocycles. The normalized spacial score (nSPS) is 12.3. The predicted octanol–water partition coefficient (Wildman–Crippen LogP) is 5.27. The highest BCUT2D eigenvalue weighted by Gasteiger charge is 2.14. The smallest absolute Gasteiger partial charge is 0.176 e. The molecule has 1 unspecified atom stereocenters. The van der Waals surface area contributed by atoms with Crippen molar-refractivity contribution in [3.8, 4) is 5.75 Å². The van der Waals surface area contributed by atoms with Crippen LogP contribution in [0.4, 0.5) is 5.69 Å². The van der Waals surface area contributed by atoms with Crippen LogP contribution in [0.25, 0.3) is 11.0 Å². The number of furan rings is 1. The van der Waals surface area contributed by atoms with Crippen molar-refractivity contribution in [2.24, 2.45) is 0 Å². The maximum Gasteiger partial charge on any atom is 0.176 e. The molecule has 0 aliphatic heterocycles. The van der Waals surface area contributed by atoms with E-state index >= 15 is 0 Å². The van der Waals surface area contributed by atoms with Crippen molar-refractivity contribution < 1.29 is 9.15 Å². The van der Waals surface area contributed by atoms with Crippen LogP contribution in [0, 0.1) is 0 Å². The lowest BCUT2D eigenvalue weighted by Gasteiger charge is -2.13. The van der Waals surface area contributed by atoms with Crippen LogP contribution in [0.5, 0.6) is 5.75 Å². The van der Waals surface area contributed by atoms with Crippen LogP contribution in [0.15, 0.2) is 52.9 Å². The van der Waals surface area contributed by atoms with Gasteiger partial charge in [-0.15, -0.1) is 0 Å². The molecule has 3 aromatic rings. The third kappa shape index (κ3) is 2.69. The van der Waals surface area contributed by atoms with E-state index in [1.807, 2.05) is 55.5 Å². The first-order chi connectivity index (χ1) is 10.2. The lowest BCUT2D eigenvalue weighted by molar-refractivity contribution is 0.406. The highest BCUT2D eigenvalue weighted by Crippen LogP contribution is 2.33. The zero-order valence-electron chi connectivity index (χ0n) is 11.9. The van der Waals surface area contributed by atoms with Gasteiger partial charge in [0.05, 0.1) is 23.9 Å². The summed E-state index contributed by atoms with van der Waals surface area (Å²) in [6.07, 6.45) is 0. The van der Waals surface area contributed by atoms with Crippen molar-refractivity contribution in [2.75, 3.05) is 12.4 Å². The summed E-state index contributed by atoms with van der Waals surface area (Å²) in [5.74, 6) is 1.58. The molecule has 21 heavy (non-hydrogen) atoms. The second-order valence-electron chi connectivity index (χ2n) is 4.87. The average Bonchev–Trinajstić information content (AvgIpc) is 2.93. The van der Waals surface area contributed by atoms with Gasteiger partial charge in [0.1, 0.15) is 5.76 Å². The van der Waals surface area contributed by atoms with Crippen LogP contribution in [0.2, 0.25) is 5.02 Å². The monoisotopic (exact) mass is 301 g/mol. The number of hydrogen-bond acceptors (Lipinski definition) is 3. The molecule has 2 aromatic carbocycles. The Morgan fingerprint density at radius 3 is 2.71 bits per heavy atom. The number of methoxy groups -OCH3 is 1. The Morgan fingerprint density at radius 2 is 1.95 bits per heavy atom. The zero-order chi connectivity index (χ0) is 14.8. The zero-order valence-corrected chi connectivity index (χ0v) is 12.6. The van der Waals surface area contributed by atoms with Crippen LogP contribution >= 0.6 is 11.6 Å². The summed E-state index contributed by atoms with van der Waals surface area (Å²) in [6, 6.07) is 15.5. The molecule has 3 rings (SSSR count). The standard InChI is InChI=1S/C17H16ClNO2/c1-11(19-14-8-4-3-7-13(14)18)16-10-12-6-5-9-15(20-2)17(12)21-16/h3-11,19H,1-2H3. The lowest BCUT2D eigenvalue weighted by Crippen LogP contribution is -2.05. The molecule has 0 radical (unpaired) electrons. The molecule has 108 valence electrons. The van der Waals surface area contributed by atoms with Crippen molar-refractivity contribution in [1.29, 1.82) is 0 Å². The SMILES string of the molecule is COc1cccc2cc(C(C)Nc3ccccc3Cl)oc12. The minimum atomic E-state index is 0.00186. The fourth-order valence-corrected chi connectivity index (χ4v) is 2.50. The Morgan fingerprint density at radius 1 is 1.14 bits per heavy atom. The van der Waals surface area contributed by atoms with Gasteiger partial charge in [-0.1, -0.05) is 35.9 Å². The van der Waals surface area contributed by atoms with Gasteiger partial charge in [-0.2, -0.15) is 0 Å². The first kappa shape index (κ1) is 13.8. The van der Waals surface area contributed by atoms with Crippen LogP contribution in [0.1, 0.15) is 18.7 Å². The average molecular weight is 302 g/mol. The first-order valence-corrected chi connectivity index (χ1v) is 7.14. The topological polar surface area (TPSA) is 34.4 Å². The second-order valence-corrected chi connectivity index (χ2v) is 5.28. The van der Waals surface area contributed by atoms with Crippen LogP contribution in [0.3, 0.4) is 0 Å². The summed E-state index contributed by atoms with van der Waals surface area (Å²) in [4.78, 5) is 0. The summed E-state index contributed by atoms with van der Waals surface area (Å²) >= 11 is 6.17. The highest BCUT2D eigenvalue weighted by molar-refractivity contribution is 6.33. The summed E-state index contributed by atoms with van der Waals surface area (Å²) in [5, 5.41) is 5.08. The van der Waals surface area contributed by atoms with Crippen molar-refractivity contribution >= 4 is 28.3 Å². The molecule has 1 aromatic heterocycles. The molecule has 4 heteroatoms. The summed E-state index contributed by atoms with van der Waals surface area (Å²) in [5.41, 5.74) is 1.65. The van der Waals surface area contributed by atoms with E-state index in [1.165, 1.54) is 0 Å². The van der Waals surface area contributed by atoms with E-state index in [9.17, 15) is 0 Å². The molecular formula is C17H16ClNO2. The summed E-state index contributed by atoms with van der Waals surface area (Å²) < 4.78 is 11.3. The van der Waals surface area contributed by atoms with E-state index in [0.717, 1.165) is 28.2 Å².